The third-order valence-electron chi connectivity index (χ3n) is 4.90. The maximum Gasteiger partial charge on any atom is 0.277 e. The van der Waals surface area contributed by atoms with Gasteiger partial charge in [0.1, 0.15) is 16.5 Å². The topological polar surface area (TPSA) is 95.7 Å². The third-order valence-corrected chi connectivity index (χ3v) is 6.86. The Hall–Kier alpha value is -2.11. The molecule has 1 saturated heterocycles. The van der Waals surface area contributed by atoms with Gasteiger partial charge in [0.05, 0.1) is 11.9 Å². The van der Waals surface area contributed by atoms with E-state index in [-0.39, 0.29) is 0 Å². The van der Waals surface area contributed by atoms with Gasteiger partial charge >= 0.3 is 0 Å². The van der Waals surface area contributed by atoms with E-state index in [1.165, 1.54) is 4.31 Å². The monoisotopic (exact) mass is 432 g/mol. The molecule has 3 aromatic rings. The van der Waals surface area contributed by atoms with Crippen LogP contribution in [-0.4, -0.2) is 67.9 Å². The molecule has 0 amide bonds. The van der Waals surface area contributed by atoms with E-state index in [1.807, 2.05) is 37.2 Å². The van der Waals surface area contributed by atoms with E-state index in [4.69, 9.17) is 15.1 Å². The molecule has 0 saturated carbocycles. The summed E-state index contributed by atoms with van der Waals surface area (Å²) in [6.07, 6.45) is 0. The van der Waals surface area contributed by atoms with Crippen LogP contribution in [0.25, 0.3) is 21.3 Å². The van der Waals surface area contributed by atoms with Crippen molar-refractivity contribution >= 4 is 37.6 Å². The number of benzene rings is 1. The molecule has 1 aliphatic rings. The van der Waals surface area contributed by atoms with Crippen molar-refractivity contribution in [3.05, 3.63) is 41.5 Å². The lowest BCUT2D eigenvalue weighted by Crippen LogP contribution is -2.51. The lowest BCUT2D eigenvalue weighted by Gasteiger charge is -2.34. The molecule has 1 aliphatic heterocycles. The van der Waals surface area contributed by atoms with E-state index >= 15 is 0 Å². The summed E-state index contributed by atoms with van der Waals surface area (Å²) in [5, 5.41) is 8.44. The second-order valence-electron chi connectivity index (χ2n) is 7.33. The summed E-state index contributed by atoms with van der Waals surface area (Å²) in [4.78, 5) is 14.8. The summed E-state index contributed by atoms with van der Waals surface area (Å²) in [6.45, 7) is 2.40. The smallest absolute Gasteiger partial charge is 0.277 e. The molecule has 0 bridgehead atoms. The fourth-order valence-electron chi connectivity index (χ4n) is 3.53. The van der Waals surface area contributed by atoms with Gasteiger partial charge < -0.3 is 9.80 Å². The number of nitrogens with zero attached hydrogens (tertiary/aromatic N) is 5. The van der Waals surface area contributed by atoms with Crippen molar-refractivity contribution in [3.63, 3.8) is 0 Å². The normalized spacial score (nSPS) is 16.1. The summed E-state index contributed by atoms with van der Waals surface area (Å²) >= 11 is 1.61. The number of rotatable bonds is 5. The van der Waals surface area contributed by atoms with Gasteiger partial charge in [-0.25, -0.2) is 15.1 Å². The largest absolute Gasteiger partial charge is 0.353 e. The second-order valence-corrected chi connectivity index (χ2v) is 9.73. The highest BCUT2D eigenvalue weighted by Gasteiger charge is 2.27. The fraction of sp³-hybridized carbons (Fsp3) is 0.368. The molecule has 1 fully saturated rings. The van der Waals surface area contributed by atoms with Crippen LogP contribution in [0.3, 0.4) is 0 Å². The molecule has 8 nitrogen and oxygen atoms in total. The van der Waals surface area contributed by atoms with Gasteiger partial charge in [-0.15, -0.1) is 11.3 Å². The molecule has 4 rings (SSSR count). The van der Waals surface area contributed by atoms with E-state index in [1.54, 1.807) is 11.3 Å². The molecule has 0 unspecified atom stereocenters. The Balaban J connectivity index is 1.79. The number of nitrogens with two attached hydrogens (primary N) is 1. The summed E-state index contributed by atoms with van der Waals surface area (Å²) in [6, 6.07) is 10.2. The number of piperazine rings is 1. The van der Waals surface area contributed by atoms with Gasteiger partial charge in [-0.3, -0.25) is 0 Å². The van der Waals surface area contributed by atoms with Gasteiger partial charge in [0.2, 0.25) is 0 Å². The number of anilines is 1. The predicted molar refractivity (Wildman–Crippen MR) is 117 cm³/mol. The number of aromatic nitrogens is 2. The lowest BCUT2D eigenvalue weighted by atomic mass is 10.1. The summed E-state index contributed by atoms with van der Waals surface area (Å²) in [5.74, 6) is 1.62. The van der Waals surface area contributed by atoms with E-state index in [0.717, 1.165) is 33.0 Å². The van der Waals surface area contributed by atoms with E-state index < -0.39 is 10.2 Å². The Labute approximate surface area is 174 Å². The molecule has 29 heavy (non-hydrogen) atoms. The fourth-order valence-corrected chi connectivity index (χ4v) is 5.17. The van der Waals surface area contributed by atoms with Crippen molar-refractivity contribution in [1.29, 1.82) is 0 Å². The van der Waals surface area contributed by atoms with Crippen LogP contribution in [0, 0.1) is 0 Å². The van der Waals surface area contributed by atoms with Crippen LogP contribution in [0.4, 0.5) is 5.82 Å². The van der Waals surface area contributed by atoms with Gasteiger partial charge in [-0.05, 0) is 19.7 Å². The Morgan fingerprint density at radius 1 is 1.10 bits per heavy atom. The summed E-state index contributed by atoms with van der Waals surface area (Å²) in [7, 11) is 0.307. The SMILES string of the molecule is CN(C)Cc1nc(N2CCN(S(N)(=O)=O)CC2)c2c(-c3ccccc3)csc2n1. The molecule has 10 heteroatoms. The zero-order valence-corrected chi connectivity index (χ0v) is 18.1. The van der Waals surface area contributed by atoms with Crippen LogP contribution in [0.1, 0.15) is 5.82 Å². The summed E-state index contributed by atoms with van der Waals surface area (Å²) in [5.41, 5.74) is 2.22. The minimum absolute atomic E-state index is 0.345. The van der Waals surface area contributed by atoms with Crippen molar-refractivity contribution in [2.45, 2.75) is 6.54 Å². The highest BCUT2D eigenvalue weighted by Crippen LogP contribution is 2.38. The molecule has 0 radical (unpaired) electrons. The van der Waals surface area contributed by atoms with Crippen molar-refractivity contribution in [1.82, 2.24) is 19.2 Å². The molecule has 2 aromatic heterocycles. The highest BCUT2D eigenvalue weighted by atomic mass is 32.2. The number of thiophene rings is 1. The minimum Gasteiger partial charge on any atom is -0.353 e. The predicted octanol–water partition coefficient (Wildman–Crippen LogP) is 1.75. The molecule has 0 spiro atoms. The Morgan fingerprint density at radius 3 is 2.41 bits per heavy atom. The first-order chi connectivity index (χ1) is 13.8. The third kappa shape index (κ3) is 4.26. The van der Waals surface area contributed by atoms with Gasteiger partial charge in [0.15, 0.2) is 0 Å². The van der Waals surface area contributed by atoms with E-state index in [0.29, 0.717) is 32.7 Å². The average Bonchev–Trinajstić information content (AvgIpc) is 3.11. The maximum atomic E-state index is 11.7. The Kier molecular flexibility index (Phi) is 5.54. The van der Waals surface area contributed by atoms with Crippen LogP contribution in [0.5, 0.6) is 0 Å². The zero-order chi connectivity index (χ0) is 20.6. The zero-order valence-electron chi connectivity index (χ0n) is 16.4. The number of hydrogen-bond donors (Lipinski definition) is 1. The van der Waals surface area contributed by atoms with E-state index in [9.17, 15) is 8.42 Å². The van der Waals surface area contributed by atoms with Crippen LogP contribution in [0.2, 0.25) is 0 Å². The van der Waals surface area contributed by atoms with Crippen LogP contribution in [0.15, 0.2) is 35.7 Å². The first-order valence-electron chi connectivity index (χ1n) is 9.34. The van der Waals surface area contributed by atoms with Gasteiger partial charge in [-0.1, -0.05) is 30.3 Å². The average molecular weight is 433 g/mol. The molecule has 2 N–H and O–H groups in total. The maximum absolute atomic E-state index is 11.7. The van der Waals surface area contributed by atoms with E-state index in [2.05, 4.69) is 22.4 Å². The molecule has 0 atom stereocenters. The molecule has 3 heterocycles. The van der Waals surface area contributed by atoms with Gasteiger partial charge in [0, 0.05) is 37.1 Å². The van der Waals surface area contributed by atoms with Crippen molar-refractivity contribution in [2.75, 3.05) is 45.2 Å². The molecule has 154 valence electrons. The quantitative estimate of drug-likeness (QED) is 0.660. The Bertz CT molecular complexity index is 1110. The van der Waals surface area contributed by atoms with Crippen molar-refractivity contribution in [2.24, 2.45) is 5.14 Å². The van der Waals surface area contributed by atoms with Crippen molar-refractivity contribution < 1.29 is 8.42 Å². The number of fused-ring (bicyclic) bond motifs is 1. The molecule has 1 aromatic carbocycles. The number of hydrogen-bond acceptors (Lipinski definition) is 7. The first-order valence-corrected chi connectivity index (χ1v) is 11.7. The Morgan fingerprint density at radius 2 is 1.79 bits per heavy atom. The van der Waals surface area contributed by atoms with Gasteiger partial charge in [0.25, 0.3) is 10.2 Å². The molecule has 0 aliphatic carbocycles. The standard InChI is InChI=1S/C19H24N6O2S2/c1-23(2)12-16-21-18(24-8-10-25(11-9-24)29(20,26)27)17-15(13-28-19(17)22-16)14-6-4-3-5-7-14/h3-7,13H,8-12H2,1-2H3,(H2,20,26,27). The minimum atomic E-state index is -3.67. The van der Waals surface area contributed by atoms with Crippen LogP contribution < -0.4 is 10.0 Å². The highest BCUT2D eigenvalue weighted by molar-refractivity contribution is 7.86. The molecular formula is C19H24N6O2S2. The second kappa shape index (κ2) is 7.96. The lowest BCUT2D eigenvalue weighted by molar-refractivity contribution is 0.381. The molecular weight excluding hydrogens is 408 g/mol. The summed E-state index contributed by atoms with van der Waals surface area (Å²) < 4.78 is 24.7. The van der Waals surface area contributed by atoms with Crippen molar-refractivity contribution in [3.8, 4) is 11.1 Å². The first kappa shape index (κ1) is 20.2. The van der Waals surface area contributed by atoms with Gasteiger partial charge in [-0.2, -0.15) is 12.7 Å². The van der Waals surface area contributed by atoms with Crippen LogP contribution >= 0.6 is 11.3 Å². The van der Waals surface area contributed by atoms with Crippen LogP contribution in [-0.2, 0) is 16.8 Å².